The van der Waals surface area contributed by atoms with Gasteiger partial charge < -0.3 is 5.32 Å². The molecular formula is C24H15BrClFN2O2. The smallest absolute Gasteiger partial charge is 0.256 e. The van der Waals surface area contributed by atoms with Crippen LogP contribution < -0.4 is 5.32 Å². The van der Waals surface area contributed by atoms with Gasteiger partial charge in [-0.05, 0) is 60.5 Å². The third kappa shape index (κ3) is 4.22. The summed E-state index contributed by atoms with van der Waals surface area (Å²) in [7, 11) is 0. The van der Waals surface area contributed by atoms with Gasteiger partial charge in [-0.2, -0.15) is 0 Å². The van der Waals surface area contributed by atoms with Crippen molar-refractivity contribution in [1.29, 1.82) is 0 Å². The molecule has 1 aromatic heterocycles. The normalized spacial score (nSPS) is 10.8. The molecule has 4 nitrogen and oxygen atoms in total. The van der Waals surface area contributed by atoms with Crippen LogP contribution in [0.5, 0.6) is 0 Å². The Labute approximate surface area is 191 Å². The van der Waals surface area contributed by atoms with Crippen molar-refractivity contribution in [1.82, 2.24) is 4.98 Å². The summed E-state index contributed by atoms with van der Waals surface area (Å²) in [5.74, 6) is -1.23. The Morgan fingerprint density at radius 1 is 1.03 bits per heavy atom. The lowest BCUT2D eigenvalue weighted by Crippen LogP contribution is -2.16. The second-order valence-corrected chi connectivity index (χ2v) is 8.17. The summed E-state index contributed by atoms with van der Waals surface area (Å²) < 4.78 is 15.3. The second-order valence-electron chi connectivity index (χ2n) is 6.91. The lowest BCUT2D eigenvalue weighted by molar-refractivity contribution is 0.102. The molecule has 4 aromatic rings. The number of nitrogens with zero attached hydrogens (tertiary/aromatic N) is 1. The van der Waals surface area contributed by atoms with Gasteiger partial charge in [-0.25, -0.2) is 9.37 Å². The number of carbonyl (C=O) groups excluding carboxylic acids is 2. The second kappa shape index (κ2) is 8.57. The van der Waals surface area contributed by atoms with E-state index in [0.717, 1.165) is 16.1 Å². The monoisotopic (exact) mass is 496 g/mol. The number of pyridine rings is 1. The van der Waals surface area contributed by atoms with Gasteiger partial charge in [-0.3, -0.25) is 9.59 Å². The third-order valence-corrected chi connectivity index (χ3v) is 5.62. The zero-order valence-corrected chi connectivity index (χ0v) is 18.6. The van der Waals surface area contributed by atoms with Crippen molar-refractivity contribution in [2.45, 2.75) is 6.92 Å². The molecule has 0 unspecified atom stereocenters. The van der Waals surface area contributed by atoms with E-state index in [1.54, 1.807) is 0 Å². The van der Waals surface area contributed by atoms with E-state index < -0.39 is 17.0 Å². The SMILES string of the molecule is Cc1c(-c2ccccc2)nc2ccc(Br)cc2c1C(=O)Nc1ccc(C(=O)Cl)cc1F. The number of hydrogen-bond acceptors (Lipinski definition) is 3. The van der Waals surface area contributed by atoms with Crippen LogP contribution in [0, 0.1) is 12.7 Å². The zero-order valence-electron chi connectivity index (χ0n) is 16.2. The van der Waals surface area contributed by atoms with Crippen LogP contribution in [-0.4, -0.2) is 16.1 Å². The first-order chi connectivity index (χ1) is 14.8. The predicted molar refractivity (Wildman–Crippen MR) is 124 cm³/mol. The van der Waals surface area contributed by atoms with Gasteiger partial charge in [0.2, 0.25) is 0 Å². The minimum Gasteiger partial charge on any atom is -0.319 e. The predicted octanol–water partition coefficient (Wildman–Crippen LogP) is 6.74. The van der Waals surface area contributed by atoms with Crippen LogP contribution in [-0.2, 0) is 0 Å². The van der Waals surface area contributed by atoms with Crippen LogP contribution in [0.3, 0.4) is 0 Å². The summed E-state index contributed by atoms with van der Waals surface area (Å²) in [4.78, 5) is 29.3. The minimum atomic E-state index is -0.773. The van der Waals surface area contributed by atoms with E-state index in [0.29, 0.717) is 27.7 Å². The van der Waals surface area contributed by atoms with Crippen molar-refractivity contribution >= 4 is 55.3 Å². The number of aromatic nitrogens is 1. The van der Waals surface area contributed by atoms with Crippen LogP contribution in [0.25, 0.3) is 22.2 Å². The quantitative estimate of drug-likeness (QED) is 0.318. The number of halogens is 3. The summed E-state index contributed by atoms with van der Waals surface area (Å²) in [6.45, 7) is 1.82. The number of anilines is 1. The Bertz CT molecular complexity index is 1340. The first-order valence-corrected chi connectivity index (χ1v) is 10.5. The molecule has 31 heavy (non-hydrogen) atoms. The number of rotatable bonds is 4. The highest BCUT2D eigenvalue weighted by atomic mass is 79.9. The fourth-order valence-electron chi connectivity index (χ4n) is 3.42. The van der Waals surface area contributed by atoms with E-state index in [-0.39, 0.29) is 11.3 Å². The summed E-state index contributed by atoms with van der Waals surface area (Å²) >= 11 is 8.84. The fraction of sp³-hybridized carbons (Fsp3) is 0.0417. The molecule has 0 fully saturated rings. The maximum absolute atomic E-state index is 14.5. The Balaban J connectivity index is 1.85. The topological polar surface area (TPSA) is 59.1 Å². The van der Waals surface area contributed by atoms with Crippen molar-refractivity contribution in [2.24, 2.45) is 0 Å². The van der Waals surface area contributed by atoms with Gasteiger partial charge in [0.05, 0.1) is 22.5 Å². The first kappa shape index (κ1) is 21.2. The number of carbonyl (C=O) groups is 2. The van der Waals surface area contributed by atoms with Crippen molar-refractivity contribution in [3.8, 4) is 11.3 Å². The van der Waals surface area contributed by atoms with Crippen LogP contribution >= 0.6 is 27.5 Å². The lowest BCUT2D eigenvalue weighted by Gasteiger charge is -2.15. The van der Waals surface area contributed by atoms with E-state index in [2.05, 4.69) is 21.2 Å². The van der Waals surface area contributed by atoms with Gasteiger partial charge in [-0.1, -0.05) is 46.3 Å². The lowest BCUT2D eigenvalue weighted by atomic mass is 9.97. The van der Waals surface area contributed by atoms with E-state index >= 15 is 0 Å². The molecule has 154 valence electrons. The number of amides is 1. The molecule has 3 aromatic carbocycles. The average molecular weight is 498 g/mol. The van der Waals surface area contributed by atoms with Gasteiger partial charge in [0, 0.05) is 21.0 Å². The Morgan fingerprint density at radius 2 is 1.77 bits per heavy atom. The number of nitrogens with one attached hydrogen (secondary N) is 1. The number of benzene rings is 3. The molecule has 0 aliphatic carbocycles. The minimum absolute atomic E-state index is 0.0120. The van der Waals surface area contributed by atoms with Gasteiger partial charge in [0.25, 0.3) is 11.1 Å². The van der Waals surface area contributed by atoms with Crippen molar-refractivity contribution < 1.29 is 14.0 Å². The maximum Gasteiger partial charge on any atom is 0.256 e. The number of hydrogen-bond donors (Lipinski definition) is 1. The molecule has 1 N–H and O–H groups in total. The van der Waals surface area contributed by atoms with Gasteiger partial charge >= 0.3 is 0 Å². The van der Waals surface area contributed by atoms with Crippen molar-refractivity contribution in [3.63, 3.8) is 0 Å². The van der Waals surface area contributed by atoms with Gasteiger partial charge in [0.15, 0.2) is 0 Å². The van der Waals surface area contributed by atoms with Crippen LogP contribution in [0.4, 0.5) is 10.1 Å². The molecular weight excluding hydrogens is 483 g/mol. The van der Waals surface area contributed by atoms with E-state index in [1.807, 2.05) is 55.5 Å². The Hall–Kier alpha value is -3.09. The van der Waals surface area contributed by atoms with Crippen LogP contribution in [0.2, 0.25) is 0 Å². The molecule has 7 heteroatoms. The molecule has 0 saturated heterocycles. The van der Waals surface area contributed by atoms with Crippen LogP contribution in [0.1, 0.15) is 26.3 Å². The van der Waals surface area contributed by atoms with E-state index in [1.165, 1.54) is 12.1 Å². The molecule has 0 aliphatic rings. The van der Waals surface area contributed by atoms with Crippen molar-refractivity contribution in [3.05, 3.63) is 93.7 Å². The zero-order chi connectivity index (χ0) is 22.1. The molecule has 0 bridgehead atoms. The highest BCUT2D eigenvalue weighted by Gasteiger charge is 2.20. The summed E-state index contributed by atoms with van der Waals surface area (Å²) in [5, 5.41) is 2.48. The molecule has 0 radical (unpaired) electrons. The van der Waals surface area contributed by atoms with Crippen molar-refractivity contribution in [2.75, 3.05) is 5.32 Å². The maximum atomic E-state index is 14.5. The Kier molecular flexibility index (Phi) is 5.85. The molecule has 1 heterocycles. The molecule has 0 spiro atoms. The van der Waals surface area contributed by atoms with Gasteiger partial charge in [0.1, 0.15) is 5.82 Å². The largest absolute Gasteiger partial charge is 0.319 e. The summed E-state index contributed by atoms with van der Waals surface area (Å²) in [6.07, 6.45) is 0. The fourth-order valence-corrected chi connectivity index (χ4v) is 3.90. The number of fused-ring (bicyclic) bond motifs is 1. The van der Waals surface area contributed by atoms with E-state index in [4.69, 9.17) is 16.6 Å². The highest BCUT2D eigenvalue weighted by molar-refractivity contribution is 9.10. The third-order valence-electron chi connectivity index (χ3n) is 4.91. The summed E-state index contributed by atoms with van der Waals surface area (Å²) in [5.41, 5.74) is 3.20. The van der Waals surface area contributed by atoms with E-state index in [9.17, 15) is 14.0 Å². The molecule has 0 atom stereocenters. The highest BCUT2D eigenvalue weighted by Crippen LogP contribution is 2.32. The average Bonchev–Trinajstić information content (AvgIpc) is 2.75. The van der Waals surface area contributed by atoms with Gasteiger partial charge in [-0.15, -0.1) is 0 Å². The molecule has 0 aliphatic heterocycles. The first-order valence-electron chi connectivity index (χ1n) is 9.31. The molecule has 4 rings (SSSR count). The summed E-state index contributed by atoms with van der Waals surface area (Å²) in [6, 6.07) is 18.7. The Morgan fingerprint density at radius 3 is 2.45 bits per heavy atom. The van der Waals surface area contributed by atoms with Crippen LogP contribution in [0.15, 0.2) is 71.2 Å². The standard InChI is InChI=1S/C24H15BrClFN2O2/c1-13-21(24(31)29-20-9-7-15(23(26)30)11-18(20)27)17-12-16(25)8-10-19(17)28-22(13)14-5-3-2-4-6-14/h2-12H,1H3,(H,29,31). The molecule has 0 saturated carbocycles. The molecule has 1 amide bonds.